The Bertz CT molecular complexity index is 210. The Morgan fingerprint density at radius 1 is 1.29 bits per heavy atom. The predicted octanol–water partition coefficient (Wildman–Crippen LogP) is 4.47. The van der Waals surface area contributed by atoms with E-state index < -0.39 is 0 Å². The van der Waals surface area contributed by atoms with Gasteiger partial charge in [-0.15, -0.1) is 0 Å². The lowest BCUT2D eigenvalue weighted by atomic mass is 9.63. The maximum atomic E-state index is 3.57. The van der Waals surface area contributed by atoms with Gasteiger partial charge in [-0.2, -0.15) is 0 Å². The van der Waals surface area contributed by atoms with Gasteiger partial charge in [0.05, 0.1) is 0 Å². The molecule has 1 rings (SSSR count). The summed E-state index contributed by atoms with van der Waals surface area (Å²) < 4.78 is 0. The maximum Gasteiger partial charge on any atom is -0.00179 e. The monoisotopic (exact) mass is 239 g/mol. The van der Waals surface area contributed by atoms with Crippen LogP contribution in [0.25, 0.3) is 0 Å². The third-order valence-electron chi connectivity index (χ3n) is 4.72. The average Bonchev–Trinajstić information content (AvgIpc) is 2.27. The second-order valence-corrected chi connectivity index (χ2v) is 6.90. The number of rotatable bonds is 6. The van der Waals surface area contributed by atoms with Gasteiger partial charge >= 0.3 is 0 Å². The summed E-state index contributed by atoms with van der Waals surface area (Å²) in [6.07, 6.45) is 7.02. The van der Waals surface area contributed by atoms with E-state index in [9.17, 15) is 0 Å². The molecule has 0 radical (unpaired) electrons. The van der Waals surface area contributed by atoms with E-state index in [4.69, 9.17) is 0 Å². The molecule has 102 valence electrons. The third-order valence-corrected chi connectivity index (χ3v) is 4.72. The van der Waals surface area contributed by atoms with E-state index in [2.05, 4.69) is 39.9 Å². The first-order chi connectivity index (χ1) is 8.00. The van der Waals surface area contributed by atoms with E-state index in [0.717, 1.165) is 24.3 Å². The molecule has 0 aliphatic heterocycles. The van der Waals surface area contributed by atoms with Crippen LogP contribution >= 0.6 is 0 Å². The van der Waals surface area contributed by atoms with Crippen LogP contribution in [0, 0.1) is 23.2 Å². The summed E-state index contributed by atoms with van der Waals surface area (Å²) >= 11 is 0. The lowest BCUT2D eigenvalue weighted by Crippen LogP contribution is -2.38. The smallest absolute Gasteiger partial charge is 0.00179 e. The molecule has 1 N–H and O–H groups in total. The van der Waals surface area contributed by atoms with Gasteiger partial charge in [-0.05, 0) is 55.5 Å². The molecule has 17 heavy (non-hydrogen) atoms. The molecule has 1 aliphatic carbocycles. The van der Waals surface area contributed by atoms with Crippen LogP contribution in [0.5, 0.6) is 0 Å². The molecule has 1 aliphatic rings. The second kappa shape index (κ2) is 6.78. The molecular weight excluding hydrogens is 206 g/mol. The van der Waals surface area contributed by atoms with Gasteiger partial charge in [0.1, 0.15) is 0 Å². The van der Waals surface area contributed by atoms with Crippen LogP contribution < -0.4 is 5.32 Å². The Labute approximate surface area is 109 Å². The Morgan fingerprint density at radius 3 is 2.59 bits per heavy atom. The Hall–Kier alpha value is -0.0400. The SMILES string of the molecule is CCCC(C)C1CC(C)(C)CCC1CNCC. The first kappa shape index (κ1) is 15.0. The van der Waals surface area contributed by atoms with Crippen LogP contribution in [-0.2, 0) is 0 Å². The third kappa shape index (κ3) is 4.62. The number of nitrogens with one attached hydrogen (secondary N) is 1. The topological polar surface area (TPSA) is 12.0 Å². The summed E-state index contributed by atoms with van der Waals surface area (Å²) in [6, 6.07) is 0. The molecular formula is C16H33N. The fourth-order valence-corrected chi connectivity index (χ4v) is 3.62. The molecule has 0 aromatic carbocycles. The zero-order valence-electron chi connectivity index (χ0n) is 12.7. The van der Waals surface area contributed by atoms with Gasteiger partial charge in [-0.1, -0.05) is 47.5 Å². The quantitative estimate of drug-likeness (QED) is 0.721. The summed E-state index contributed by atoms with van der Waals surface area (Å²) in [5, 5.41) is 3.57. The van der Waals surface area contributed by atoms with E-state index in [-0.39, 0.29) is 0 Å². The first-order valence-corrected chi connectivity index (χ1v) is 7.71. The molecule has 3 unspecified atom stereocenters. The van der Waals surface area contributed by atoms with Crippen LogP contribution in [-0.4, -0.2) is 13.1 Å². The van der Waals surface area contributed by atoms with Gasteiger partial charge in [0, 0.05) is 0 Å². The van der Waals surface area contributed by atoms with Gasteiger partial charge < -0.3 is 5.32 Å². The van der Waals surface area contributed by atoms with Crippen molar-refractivity contribution in [3.63, 3.8) is 0 Å². The molecule has 0 saturated heterocycles. The van der Waals surface area contributed by atoms with Crippen molar-refractivity contribution in [3.8, 4) is 0 Å². The fraction of sp³-hybridized carbons (Fsp3) is 1.00. The van der Waals surface area contributed by atoms with Gasteiger partial charge in [0.15, 0.2) is 0 Å². The fourth-order valence-electron chi connectivity index (χ4n) is 3.62. The standard InChI is InChI=1S/C16H33N/c1-6-8-13(3)15-11-16(4,5)10-9-14(15)12-17-7-2/h13-15,17H,6-12H2,1-5H3. The highest BCUT2D eigenvalue weighted by molar-refractivity contribution is 4.88. The molecule has 0 aromatic rings. The average molecular weight is 239 g/mol. The van der Waals surface area contributed by atoms with Crippen molar-refractivity contribution in [1.29, 1.82) is 0 Å². The zero-order valence-corrected chi connectivity index (χ0v) is 12.7. The highest BCUT2D eigenvalue weighted by Gasteiger charge is 2.36. The molecule has 1 heteroatoms. The lowest BCUT2D eigenvalue weighted by molar-refractivity contribution is 0.0756. The van der Waals surface area contributed by atoms with Crippen molar-refractivity contribution in [1.82, 2.24) is 5.32 Å². The molecule has 0 heterocycles. The maximum absolute atomic E-state index is 3.57. The van der Waals surface area contributed by atoms with Crippen molar-refractivity contribution in [2.24, 2.45) is 23.2 Å². The molecule has 1 nitrogen and oxygen atoms in total. The summed E-state index contributed by atoms with van der Waals surface area (Å²) in [7, 11) is 0. The van der Waals surface area contributed by atoms with Crippen LogP contribution in [0.2, 0.25) is 0 Å². The molecule has 1 saturated carbocycles. The molecule has 0 spiro atoms. The van der Waals surface area contributed by atoms with Crippen LogP contribution in [0.1, 0.15) is 66.7 Å². The highest BCUT2D eigenvalue weighted by atomic mass is 14.8. The Balaban J connectivity index is 2.61. The van der Waals surface area contributed by atoms with Crippen LogP contribution in [0.15, 0.2) is 0 Å². The Kier molecular flexibility index (Phi) is 5.99. The zero-order chi connectivity index (χ0) is 12.9. The van der Waals surface area contributed by atoms with E-state index in [1.165, 1.54) is 38.6 Å². The van der Waals surface area contributed by atoms with E-state index in [1.807, 2.05) is 0 Å². The van der Waals surface area contributed by atoms with Gasteiger partial charge in [0.2, 0.25) is 0 Å². The molecule has 0 aromatic heterocycles. The van der Waals surface area contributed by atoms with Gasteiger partial charge in [0.25, 0.3) is 0 Å². The number of hydrogen-bond donors (Lipinski definition) is 1. The van der Waals surface area contributed by atoms with Gasteiger partial charge in [-0.25, -0.2) is 0 Å². The number of hydrogen-bond acceptors (Lipinski definition) is 1. The Morgan fingerprint density at radius 2 is 2.00 bits per heavy atom. The van der Waals surface area contributed by atoms with Crippen molar-refractivity contribution in [3.05, 3.63) is 0 Å². The van der Waals surface area contributed by atoms with Gasteiger partial charge in [-0.3, -0.25) is 0 Å². The van der Waals surface area contributed by atoms with E-state index in [1.54, 1.807) is 0 Å². The summed E-state index contributed by atoms with van der Waals surface area (Å²) in [5.74, 6) is 2.77. The van der Waals surface area contributed by atoms with Crippen LogP contribution in [0.4, 0.5) is 0 Å². The minimum atomic E-state index is 0.579. The highest BCUT2D eigenvalue weighted by Crippen LogP contribution is 2.45. The molecule has 3 atom stereocenters. The normalized spacial score (nSPS) is 30.2. The summed E-state index contributed by atoms with van der Waals surface area (Å²) in [5.41, 5.74) is 0.579. The minimum Gasteiger partial charge on any atom is -0.317 e. The lowest BCUT2D eigenvalue weighted by Gasteiger charge is -2.44. The van der Waals surface area contributed by atoms with Crippen LogP contribution in [0.3, 0.4) is 0 Å². The summed E-state index contributed by atoms with van der Waals surface area (Å²) in [6.45, 7) is 14.3. The predicted molar refractivity (Wildman–Crippen MR) is 77.2 cm³/mol. The van der Waals surface area contributed by atoms with Crippen molar-refractivity contribution < 1.29 is 0 Å². The minimum absolute atomic E-state index is 0.579. The second-order valence-electron chi connectivity index (χ2n) is 6.90. The van der Waals surface area contributed by atoms with Crippen molar-refractivity contribution >= 4 is 0 Å². The van der Waals surface area contributed by atoms with Crippen molar-refractivity contribution in [2.75, 3.05) is 13.1 Å². The molecule has 1 fully saturated rings. The van der Waals surface area contributed by atoms with E-state index >= 15 is 0 Å². The summed E-state index contributed by atoms with van der Waals surface area (Å²) in [4.78, 5) is 0. The molecule has 0 amide bonds. The first-order valence-electron chi connectivity index (χ1n) is 7.71. The largest absolute Gasteiger partial charge is 0.317 e. The van der Waals surface area contributed by atoms with Crippen molar-refractivity contribution in [2.45, 2.75) is 66.7 Å². The van der Waals surface area contributed by atoms with E-state index in [0.29, 0.717) is 5.41 Å². The molecule has 0 bridgehead atoms.